The largest absolute Gasteiger partial charge is 0.493 e. The second-order valence-corrected chi connectivity index (χ2v) is 6.12. The van der Waals surface area contributed by atoms with E-state index in [1.807, 2.05) is 0 Å². The number of aromatic nitrogens is 3. The maximum atomic E-state index is 13.0. The van der Waals surface area contributed by atoms with Crippen LogP contribution in [-0.2, 0) is 0 Å². The molecule has 0 fully saturated rings. The van der Waals surface area contributed by atoms with E-state index in [4.69, 9.17) is 29.4 Å². The number of methoxy groups -OCH3 is 5. The first-order valence-corrected chi connectivity index (χ1v) is 9.02. The lowest BCUT2D eigenvalue weighted by molar-refractivity contribution is 0.0947. The van der Waals surface area contributed by atoms with Crippen LogP contribution in [0.15, 0.2) is 30.3 Å². The van der Waals surface area contributed by atoms with Crippen molar-refractivity contribution in [2.24, 2.45) is 0 Å². The summed E-state index contributed by atoms with van der Waals surface area (Å²) in [6, 6.07) is 8.19. The molecule has 3 N–H and O–H groups in total. The van der Waals surface area contributed by atoms with Crippen molar-refractivity contribution >= 4 is 23.5 Å². The molecule has 3 rings (SSSR count). The molecule has 3 aromatic rings. The normalized spacial score (nSPS) is 10.4. The molecule has 0 aliphatic rings. The third kappa shape index (κ3) is 4.25. The third-order valence-electron chi connectivity index (χ3n) is 4.38. The van der Waals surface area contributed by atoms with Gasteiger partial charge in [-0.25, -0.2) is 0 Å². The van der Waals surface area contributed by atoms with E-state index in [1.54, 1.807) is 25.3 Å². The Morgan fingerprint density at radius 3 is 2.03 bits per heavy atom. The van der Waals surface area contributed by atoms with Crippen molar-refractivity contribution in [1.29, 1.82) is 0 Å². The Balaban J connectivity index is 1.91. The summed E-state index contributed by atoms with van der Waals surface area (Å²) in [4.78, 5) is 17.1. The molecule has 0 atom stereocenters. The highest BCUT2D eigenvalue weighted by molar-refractivity contribution is 5.98. The molecule has 0 saturated heterocycles. The van der Waals surface area contributed by atoms with Gasteiger partial charge in [0, 0.05) is 17.3 Å². The van der Waals surface area contributed by atoms with Crippen LogP contribution in [0.2, 0.25) is 0 Å². The summed E-state index contributed by atoms with van der Waals surface area (Å²) in [5, 5.41) is 7.15. The number of nitrogen functional groups attached to an aromatic ring is 1. The predicted molar refractivity (Wildman–Crippen MR) is 113 cm³/mol. The van der Waals surface area contributed by atoms with Crippen LogP contribution in [0.3, 0.4) is 0 Å². The Morgan fingerprint density at radius 1 is 0.871 bits per heavy atom. The Bertz CT molecular complexity index is 1070. The second-order valence-electron chi connectivity index (χ2n) is 6.12. The van der Waals surface area contributed by atoms with E-state index in [2.05, 4.69) is 15.4 Å². The highest BCUT2D eigenvalue weighted by atomic mass is 16.5. The fraction of sp³-hybridized carbons (Fsp3) is 0.250. The molecule has 164 valence electrons. The number of anilines is 3. The molecule has 1 aromatic heterocycles. The zero-order chi connectivity index (χ0) is 22.5. The first kappa shape index (κ1) is 21.6. The van der Waals surface area contributed by atoms with Gasteiger partial charge in [-0.2, -0.15) is 9.67 Å². The lowest BCUT2D eigenvalue weighted by atomic mass is 10.1. The molecule has 11 nitrogen and oxygen atoms in total. The van der Waals surface area contributed by atoms with Crippen LogP contribution in [0.25, 0.3) is 0 Å². The average molecular weight is 429 g/mol. The molecule has 0 unspecified atom stereocenters. The number of benzene rings is 2. The molecule has 0 aliphatic carbocycles. The zero-order valence-corrected chi connectivity index (χ0v) is 17.8. The minimum absolute atomic E-state index is 0.0956. The van der Waals surface area contributed by atoms with E-state index < -0.39 is 5.91 Å². The molecule has 0 aliphatic heterocycles. The Morgan fingerprint density at radius 2 is 1.48 bits per heavy atom. The molecule has 2 aromatic carbocycles. The van der Waals surface area contributed by atoms with Crippen LogP contribution in [-0.4, -0.2) is 56.2 Å². The number of hydrogen-bond donors (Lipinski definition) is 2. The summed E-state index contributed by atoms with van der Waals surface area (Å²) in [5.41, 5.74) is 6.77. The summed E-state index contributed by atoms with van der Waals surface area (Å²) in [6.07, 6.45) is 0. The summed E-state index contributed by atoms with van der Waals surface area (Å²) in [6.45, 7) is 0. The monoisotopic (exact) mass is 429 g/mol. The first-order valence-electron chi connectivity index (χ1n) is 9.02. The molecule has 0 bridgehead atoms. The minimum atomic E-state index is -0.524. The molecular weight excluding hydrogens is 406 g/mol. The lowest BCUT2D eigenvalue weighted by Crippen LogP contribution is -2.17. The standard InChI is InChI=1S/C20H23N5O6/c1-27-13-7-6-12(10-14(13)28-2)22-20-23-19(21)25(24-20)18(26)11-8-15(29-3)17(31-5)16(9-11)30-4/h6-10H,1-5H3,(H3,21,22,23,24). The van der Waals surface area contributed by atoms with E-state index >= 15 is 0 Å². The van der Waals surface area contributed by atoms with Gasteiger partial charge in [0.1, 0.15) is 0 Å². The Kier molecular flexibility index (Phi) is 6.34. The van der Waals surface area contributed by atoms with Crippen molar-refractivity contribution in [2.75, 3.05) is 46.6 Å². The van der Waals surface area contributed by atoms with Gasteiger partial charge in [-0.15, -0.1) is 5.10 Å². The number of nitrogens with zero attached hydrogens (tertiary/aromatic N) is 3. The number of carbonyl (C=O) groups is 1. The second kappa shape index (κ2) is 9.11. The molecule has 0 spiro atoms. The van der Waals surface area contributed by atoms with Crippen molar-refractivity contribution in [1.82, 2.24) is 14.8 Å². The van der Waals surface area contributed by atoms with E-state index in [0.717, 1.165) is 4.68 Å². The van der Waals surface area contributed by atoms with Crippen LogP contribution in [0, 0.1) is 0 Å². The van der Waals surface area contributed by atoms with E-state index in [0.29, 0.717) is 34.4 Å². The molecule has 31 heavy (non-hydrogen) atoms. The van der Waals surface area contributed by atoms with Crippen molar-refractivity contribution in [3.8, 4) is 28.7 Å². The fourth-order valence-electron chi connectivity index (χ4n) is 2.90. The van der Waals surface area contributed by atoms with Gasteiger partial charge in [0.25, 0.3) is 5.91 Å². The van der Waals surface area contributed by atoms with E-state index in [9.17, 15) is 4.79 Å². The van der Waals surface area contributed by atoms with Gasteiger partial charge in [0.15, 0.2) is 23.0 Å². The number of carbonyl (C=O) groups excluding carboxylic acids is 1. The van der Waals surface area contributed by atoms with Crippen molar-refractivity contribution in [3.05, 3.63) is 35.9 Å². The third-order valence-corrected chi connectivity index (χ3v) is 4.38. The topological polar surface area (TPSA) is 132 Å². The van der Waals surface area contributed by atoms with Gasteiger partial charge in [-0.3, -0.25) is 4.79 Å². The van der Waals surface area contributed by atoms with Gasteiger partial charge in [0.05, 0.1) is 35.5 Å². The summed E-state index contributed by atoms with van der Waals surface area (Å²) in [5.74, 6) is 1.62. The van der Waals surface area contributed by atoms with Gasteiger partial charge in [-0.1, -0.05) is 0 Å². The summed E-state index contributed by atoms with van der Waals surface area (Å²) in [7, 11) is 7.47. The lowest BCUT2D eigenvalue weighted by Gasteiger charge is -2.13. The maximum absolute atomic E-state index is 13.0. The summed E-state index contributed by atoms with van der Waals surface area (Å²) < 4.78 is 27.3. The highest BCUT2D eigenvalue weighted by Gasteiger charge is 2.21. The van der Waals surface area contributed by atoms with Crippen LogP contribution >= 0.6 is 0 Å². The Hall–Kier alpha value is -4.15. The first-order chi connectivity index (χ1) is 14.9. The van der Waals surface area contributed by atoms with Gasteiger partial charge in [0.2, 0.25) is 17.6 Å². The summed E-state index contributed by atoms with van der Waals surface area (Å²) >= 11 is 0. The van der Waals surface area contributed by atoms with Gasteiger partial charge in [-0.05, 0) is 24.3 Å². The van der Waals surface area contributed by atoms with Crippen molar-refractivity contribution in [2.45, 2.75) is 0 Å². The van der Waals surface area contributed by atoms with Gasteiger partial charge >= 0.3 is 0 Å². The predicted octanol–water partition coefficient (Wildman–Crippen LogP) is 2.34. The number of ether oxygens (including phenoxy) is 5. The molecule has 0 saturated carbocycles. The molecular formula is C20H23N5O6. The molecule has 0 radical (unpaired) electrons. The fourth-order valence-corrected chi connectivity index (χ4v) is 2.90. The van der Waals surface area contributed by atoms with E-state index in [1.165, 1.54) is 40.6 Å². The maximum Gasteiger partial charge on any atom is 0.281 e. The SMILES string of the molecule is COc1ccc(Nc2nc(N)n(C(=O)c3cc(OC)c(OC)c(OC)c3)n2)cc1OC. The molecule has 0 amide bonds. The van der Waals surface area contributed by atoms with Gasteiger partial charge < -0.3 is 34.7 Å². The van der Waals surface area contributed by atoms with Crippen LogP contribution in [0.5, 0.6) is 28.7 Å². The van der Waals surface area contributed by atoms with Crippen LogP contribution in [0.4, 0.5) is 17.6 Å². The van der Waals surface area contributed by atoms with Crippen molar-refractivity contribution in [3.63, 3.8) is 0 Å². The molecule has 11 heteroatoms. The van der Waals surface area contributed by atoms with Crippen LogP contribution < -0.4 is 34.7 Å². The number of nitrogens with two attached hydrogens (primary N) is 1. The number of rotatable bonds is 8. The number of nitrogens with one attached hydrogen (secondary N) is 1. The minimum Gasteiger partial charge on any atom is -0.493 e. The van der Waals surface area contributed by atoms with Crippen molar-refractivity contribution < 1.29 is 28.5 Å². The van der Waals surface area contributed by atoms with Crippen LogP contribution in [0.1, 0.15) is 10.4 Å². The number of hydrogen-bond acceptors (Lipinski definition) is 10. The van der Waals surface area contributed by atoms with E-state index in [-0.39, 0.29) is 17.5 Å². The average Bonchev–Trinajstić information content (AvgIpc) is 3.16. The quantitative estimate of drug-likeness (QED) is 0.550. The highest BCUT2D eigenvalue weighted by Crippen LogP contribution is 2.38. The zero-order valence-electron chi connectivity index (χ0n) is 17.8. The Labute approximate surface area is 178 Å². The smallest absolute Gasteiger partial charge is 0.281 e. The molecule has 1 heterocycles.